The Balaban J connectivity index is 2.08. The van der Waals surface area contributed by atoms with Crippen molar-refractivity contribution in [1.29, 1.82) is 5.26 Å². The largest absolute Gasteiger partial charge is 0.372 e. The second kappa shape index (κ2) is 4.66. The van der Waals surface area contributed by atoms with Crippen molar-refractivity contribution in [2.45, 2.75) is 6.54 Å². The summed E-state index contributed by atoms with van der Waals surface area (Å²) < 4.78 is 3.53. The molecule has 0 unspecified atom stereocenters. The van der Waals surface area contributed by atoms with Crippen LogP contribution in [0, 0.1) is 11.3 Å². The van der Waals surface area contributed by atoms with Crippen molar-refractivity contribution in [2.75, 3.05) is 12.4 Å². The van der Waals surface area contributed by atoms with Crippen LogP contribution in [0.15, 0.2) is 24.5 Å². The summed E-state index contributed by atoms with van der Waals surface area (Å²) in [5.74, 6) is 1.38. The SMILES string of the molecule is CNc1nc(Cn2cccc2C#N)nc2c1cnn2C. The van der Waals surface area contributed by atoms with Gasteiger partial charge >= 0.3 is 0 Å². The van der Waals surface area contributed by atoms with E-state index in [2.05, 4.69) is 26.5 Å². The lowest BCUT2D eigenvalue weighted by molar-refractivity contribution is 0.733. The summed E-state index contributed by atoms with van der Waals surface area (Å²) in [5.41, 5.74) is 1.36. The van der Waals surface area contributed by atoms with Gasteiger partial charge in [-0.1, -0.05) is 0 Å². The van der Waals surface area contributed by atoms with Gasteiger partial charge in [0.25, 0.3) is 0 Å². The molecule has 0 fully saturated rings. The normalized spacial score (nSPS) is 10.7. The number of aryl methyl sites for hydroxylation is 1. The van der Waals surface area contributed by atoms with Gasteiger partial charge in [-0.05, 0) is 12.1 Å². The number of aromatic nitrogens is 5. The highest BCUT2D eigenvalue weighted by Crippen LogP contribution is 2.19. The minimum Gasteiger partial charge on any atom is -0.372 e. The number of hydrogen-bond donors (Lipinski definition) is 1. The molecule has 7 heteroatoms. The van der Waals surface area contributed by atoms with E-state index in [1.807, 2.05) is 30.9 Å². The quantitative estimate of drug-likeness (QED) is 0.769. The predicted molar refractivity (Wildman–Crippen MR) is 74.1 cm³/mol. The molecular formula is C13H13N7. The lowest BCUT2D eigenvalue weighted by atomic mass is 10.3. The van der Waals surface area contributed by atoms with Gasteiger partial charge in [0, 0.05) is 20.3 Å². The molecule has 0 radical (unpaired) electrons. The second-order valence-electron chi connectivity index (χ2n) is 4.38. The lowest BCUT2D eigenvalue weighted by Gasteiger charge is -2.07. The van der Waals surface area contributed by atoms with Crippen LogP contribution in [0.4, 0.5) is 5.82 Å². The van der Waals surface area contributed by atoms with Gasteiger partial charge < -0.3 is 9.88 Å². The standard InChI is InChI=1S/C13H13N7/c1-15-12-10-7-16-19(2)13(10)18-11(17-12)8-20-5-3-4-9(20)6-14/h3-5,7H,8H2,1-2H3,(H,15,17,18). The maximum atomic E-state index is 9.03. The Labute approximate surface area is 115 Å². The fourth-order valence-corrected chi connectivity index (χ4v) is 2.13. The molecule has 0 bridgehead atoms. The average Bonchev–Trinajstić information content (AvgIpc) is 3.05. The van der Waals surface area contributed by atoms with E-state index in [4.69, 9.17) is 5.26 Å². The predicted octanol–water partition coefficient (Wildman–Crippen LogP) is 1.13. The Kier molecular flexibility index (Phi) is 2.84. The highest BCUT2D eigenvalue weighted by atomic mass is 15.3. The summed E-state index contributed by atoms with van der Waals surface area (Å²) in [4.78, 5) is 8.99. The van der Waals surface area contributed by atoms with Crippen LogP contribution >= 0.6 is 0 Å². The number of rotatable bonds is 3. The highest BCUT2D eigenvalue weighted by molar-refractivity contribution is 5.86. The Morgan fingerprint density at radius 1 is 1.40 bits per heavy atom. The molecule has 3 aromatic heterocycles. The van der Waals surface area contributed by atoms with Crippen LogP contribution in [0.3, 0.4) is 0 Å². The number of fused-ring (bicyclic) bond motifs is 1. The fourth-order valence-electron chi connectivity index (χ4n) is 2.13. The van der Waals surface area contributed by atoms with Gasteiger partial charge in [-0.3, -0.25) is 4.68 Å². The van der Waals surface area contributed by atoms with Gasteiger partial charge in [0.1, 0.15) is 17.6 Å². The third-order valence-corrected chi connectivity index (χ3v) is 3.13. The third kappa shape index (κ3) is 1.87. The zero-order valence-corrected chi connectivity index (χ0v) is 11.2. The third-order valence-electron chi connectivity index (χ3n) is 3.13. The molecule has 0 saturated carbocycles. The summed E-state index contributed by atoms with van der Waals surface area (Å²) in [6, 6.07) is 5.74. The first-order valence-corrected chi connectivity index (χ1v) is 6.14. The molecule has 1 N–H and O–H groups in total. The van der Waals surface area contributed by atoms with Crippen molar-refractivity contribution < 1.29 is 0 Å². The lowest BCUT2D eigenvalue weighted by Crippen LogP contribution is -2.08. The Morgan fingerprint density at radius 3 is 3.00 bits per heavy atom. The first kappa shape index (κ1) is 12.2. The zero-order valence-electron chi connectivity index (χ0n) is 11.2. The smallest absolute Gasteiger partial charge is 0.163 e. The molecule has 0 aliphatic heterocycles. The van der Waals surface area contributed by atoms with Gasteiger partial charge in [-0.25, -0.2) is 9.97 Å². The first-order valence-electron chi connectivity index (χ1n) is 6.14. The molecule has 0 saturated heterocycles. The summed E-state index contributed by atoms with van der Waals surface area (Å²) >= 11 is 0. The van der Waals surface area contributed by atoms with Crippen molar-refractivity contribution in [1.82, 2.24) is 24.3 Å². The molecule has 0 aliphatic rings. The number of nitrogens with one attached hydrogen (secondary N) is 1. The van der Waals surface area contributed by atoms with E-state index in [-0.39, 0.29) is 0 Å². The van der Waals surface area contributed by atoms with Crippen molar-refractivity contribution >= 4 is 16.9 Å². The maximum absolute atomic E-state index is 9.03. The summed E-state index contributed by atoms with van der Waals surface area (Å²) in [6.45, 7) is 0.450. The highest BCUT2D eigenvalue weighted by Gasteiger charge is 2.11. The number of hydrogen-bond acceptors (Lipinski definition) is 5. The van der Waals surface area contributed by atoms with Crippen molar-refractivity contribution in [2.24, 2.45) is 7.05 Å². The molecular weight excluding hydrogens is 254 g/mol. The van der Waals surface area contributed by atoms with E-state index in [0.29, 0.717) is 18.1 Å². The molecule has 3 aromatic rings. The van der Waals surface area contributed by atoms with E-state index in [0.717, 1.165) is 16.9 Å². The van der Waals surface area contributed by atoms with Crippen molar-refractivity contribution in [3.8, 4) is 6.07 Å². The van der Waals surface area contributed by atoms with Gasteiger partial charge in [0.2, 0.25) is 0 Å². The monoisotopic (exact) mass is 267 g/mol. The minimum absolute atomic E-state index is 0.450. The average molecular weight is 267 g/mol. The second-order valence-corrected chi connectivity index (χ2v) is 4.38. The molecule has 0 aliphatic carbocycles. The Bertz CT molecular complexity index is 806. The van der Waals surface area contributed by atoms with Crippen LogP contribution in [0.1, 0.15) is 11.5 Å². The molecule has 0 spiro atoms. The van der Waals surface area contributed by atoms with Gasteiger partial charge in [0.05, 0.1) is 18.1 Å². The molecule has 0 aromatic carbocycles. The molecule has 3 rings (SSSR count). The Hall–Kier alpha value is -2.88. The molecule has 100 valence electrons. The number of nitriles is 1. The molecule has 3 heterocycles. The maximum Gasteiger partial charge on any atom is 0.163 e. The topological polar surface area (TPSA) is 84.3 Å². The van der Waals surface area contributed by atoms with Gasteiger partial charge in [-0.2, -0.15) is 10.4 Å². The van der Waals surface area contributed by atoms with E-state index >= 15 is 0 Å². The van der Waals surface area contributed by atoms with E-state index in [9.17, 15) is 0 Å². The molecule has 0 atom stereocenters. The van der Waals surface area contributed by atoms with Crippen molar-refractivity contribution in [3.05, 3.63) is 36.0 Å². The molecule has 0 amide bonds. The Morgan fingerprint density at radius 2 is 2.25 bits per heavy atom. The van der Waals surface area contributed by atoms with Crippen LogP contribution < -0.4 is 5.32 Å². The number of anilines is 1. The van der Waals surface area contributed by atoms with Gasteiger partial charge in [0.15, 0.2) is 11.5 Å². The number of nitrogens with zero attached hydrogens (tertiary/aromatic N) is 6. The van der Waals surface area contributed by atoms with Crippen LogP contribution in [0.2, 0.25) is 0 Å². The van der Waals surface area contributed by atoms with Crippen molar-refractivity contribution in [3.63, 3.8) is 0 Å². The van der Waals surface area contributed by atoms with Crippen LogP contribution in [-0.4, -0.2) is 31.4 Å². The van der Waals surface area contributed by atoms with E-state index < -0.39 is 0 Å². The van der Waals surface area contributed by atoms with Crippen LogP contribution in [-0.2, 0) is 13.6 Å². The summed E-state index contributed by atoms with van der Waals surface area (Å²) in [6.07, 6.45) is 3.58. The first-order chi connectivity index (χ1) is 9.72. The van der Waals surface area contributed by atoms with Gasteiger partial charge in [-0.15, -0.1) is 0 Å². The van der Waals surface area contributed by atoms with Crippen LogP contribution in [0.5, 0.6) is 0 Å². The summed E-state index contributed by atoms with van der Waals surface area (Å²) in [5, 5.41) is 17.2. The summed E-state index contributed by atoms with van der Waals surface area (Å²) in [7, 11) is 3.66. The molecule has 20 heavy (non-hydrogen) atoms. The van der Waals surface area contributed by atoms with Crippen LogP contribution in [0.25, 0.3) is 11.0 Å². The fraction of sp³-hybridized carbons (Fsp3) is 0.231. The van der Waals surface area contributed by atoms with E-state index in [1.165, 1.54) is 0 Å². The molecule has 7 nitrogen and oxygen atoms in total. The van der Waals surface area contributed by atoms with E-state index in [1.54, 1.807) is 16.9 Å². The zero-order chi connectivity index (χ0) is 14.1. The minimum atomic E-state index is 0.450.